The molecule has 17 heavy (non-hydrogen) atoms. The molecule has 2 nitrogen and oxygen atoms in total. The second-order valence-electron chi connectivity index (χ2n) is 5.04. The third-order valence-electron chi connectivity index (χ3n) is 3.21. The van der Waals surface area contributed by atoms with E-state index in [0.717, 1.165) is 0 Å². The first-order valence-corrected chi connectivity index (χ1v) is 7.77. The highest BCUT2D eigenvalue weighted by molar-refractivity contribution is 4.50. The van der Waals surface area contributed by atoms with Gasteiger partial charge in [0.05, 0.1) is 0 Å². The molecule has 0 atom stereocenters. The standard InChI is InChI=1S/C15H34N2/c1-3-13-17-15-12-10-8-6-4-5-7-9-11-14-16-2/h16-17H,3-15H2,1-2H3. The molecule has 2 N–H and O–H groups in total. The third kappa shape index (κ3) is 15.9. The normalized spacial score (nSPS) is 10.9. The van der Waals surface area contributed by atoms with Gasteiger partial charge in [-0.25, -0.2) is 0 Å². The van der Waals surface area contributed by atoms with E-state index < -0.39 is 0 Å². The third-order valence-corrected chi connectivity index (χ3v) is 3.21. The van der Waals surface area contributed by atoms with Crippen LogP contribution in [0.15, 0.2) is 0 Å². The molecule has 0 aliphatic rings. The summed E-state index contributed by atoms with van der Waals surface area (Å²) in [5.41, 5.74) is 0. The lowest BCUT2D eigenvalue weighted by molar-refractivity contribution is 0.541. The highest BCUT2D eigenvalue weighted by Crippen LogP contribution is 2.09. The topological polar surface area (TPSA) is 24.1 Å². The largest absolute Gasteiger partial charge is 0.320 e. The van der Waals surface area contributed by atoms with Crippen molar-refractivity contribution in [3.05, 3.63) is 0 Å². The van der Waals surface area contributed by atoms with E-state index in [0.29, 0.717) is 0 Å². The van der Waals surface area contributed by atoms with Crippen molar-refractivity contribution in [2.24, 2.45) is 0 Å². The van der Waals surface area contributed by atoms with Crippen LogP contribution in [0.4, 0.5) is 0 Å². The summed E-state index contributed by atoms with van der Waals surface area (Å²) in [6.07, 6.45) is 14.0. The molecule has 0 spiro atoms. The van der Waals surface area contributed by atoms with Gasteiger partial charge in [-0.1, -0.05) is 51.9 Å². The maximum Gasteiger partial charge on any atom is -0.00489 e. The van der Waals surface area contributed by atoms with Crippen LogP contribution in [0.1, 0.15) is 71.1 Å². The minimum Gasteiger partial charge on any atom is -0.320 e. The molecule has 0 aliphatic carbocycles. The zero-order valence-electron chi connectivity index (χ0n) is 12.2. The van der Waals surface area contributed by atoms with Crippen LogP contribution in [0.5, 0.6) is 0 Å². The summed E-state index contributed by atoms with van der Waals surface area (Å²) in [4.78, 5) is 0. The Morgan fingerprint density at radius 1 is 0.588 bits per heavy atom. The number of rotatable bonds is 14. The zero-order chi connectivity index (χ0) is 12.6. The number of hydrogen-bond donors (Lipinski definition) is 2. The Bertz CT molecular complexity index is 112. The molecule has 0 unspecified atom stereocenters. The summed E-state index contributed by atoms with van der Waals surface area (Å²) in [7, 11) is 2.04. The maximum atomic E-state index is 3.46. The van der Waals surface area contributed by atoms with Gasteiger partial charge in [-0.05, 0) is 45.9 Å². The number of nitrogens with one attached hydrogen (secondary N) is 2. The fourth-order valence-corrected chi connectivity index (χ4v) is 2.09. The zero-order valence-corrected chi connectivity index (χ0v) is 12.2. The molecule has 0 heterocycles. The van der Waals surface area contributed by atoms with Gasteiger partial charge in [0.25, 0.3) is 0 Å². The first-order valence-electron chi connectivity index (χ1n) is 7.77. The van der Waals surface area contributed by atoms with E-state index in [-0.39, 0.29) is 0 Å². The van der Waals surface area contributed by atoms with Crippen LogP contribution >= 0.6 is 0 Å². The SMILES string of the molecule is CCCNCCCCCCCCCCCNC. The van der Waals surface area contributed by atoms with Crippen molar-refractivity contribution in [1.29, 1.82) is 0 Å². The van der Waals surface area contributed by atoms with Gasteiger partial charge in [0.1, 0.15) is 0 Å². The smallest absolute Gasteiger partial charge is 0.00489 e. The van der Waals surface area contributed by atoms with Crippen molar-refractivity contribution in [1.82, 2.24) is 10.6 Å². The van der Waals surface area contributed by atoms with Crippen LogP contribution in [0.25, 0.3) is 0 Å². The van der Waals surface area contributed by atoms with Gasteiger partial charge < -0.3 is 10.6 Å². The van der Waals surface area contributed by atoms with Crippen LogP contribution in [0, 0.1) is 0 Å². The van der Waals surface area contributed by atoms with Crippen molar-refractivity contribution in [3.63, 3.8) is 0 Å². The van der Waals surface area contributed by atoms with Crippen molar-refractivity contribution < 1.29 is 0 Å². The summed E-state index contributed by atoms with van der Waals surface area (Å²) in [6, 6.07) is 0. The summed E-state index contributed by atoms with van der Waals surface area (Å²) in [5, 5.41) is 6.66. The summed E-state index contributed by atoms with van der Waals surface area (Å²) < 4.78 is 0. The van der Waals surface area contributed by atoms with E-state index in [4.69, 9.17) is 0 Å². The molecule has 0 rings (SSSR count). The van der Waals surface area contributed by atoms with E-state index in [9.17, 15) is 0 Å². The molecule has 0 aromatic rings. The quantitative estimate of drug-likeness (QED) is 0.454. The Balaban J connectivity index is 2.85. The predicted molar refractivity (Wildman–Crippen MR) is 78.6 cm³/mol. The average molecular weight is 242 g/mol. The first-order chi connectivity index (χ1) is 8.41. The van der Waals surface area contributed by atoms with Crippen LogP contribution in [0.2, 0.25) is 0 Å². The Morgan fingerprint density at radius 3 is 1.53 bits per heavy atom. The Labute approximate surface area is 109 Å². The molecule has 0 radical (unpaired) electrons. The minimum atomic E-state index is 1.19. The molecule has 0 amide bonds. The molecule has 0 fully saturated rings. The summed E-state index contributed by atoms with van der Waals surface area (Å²) >= 11 is 0. The Kier molecular flexibility index (Phi) is 15.8. The Morgan fingerprint density at radius 2 is 1.06 bits per heavy atom. The molecule has 0 bridgehead atoms. The number of unbranched alkanes of at least 4 members (excludes halogenated alkanes) is 8. The maximum absolute atomic E-state index is 3.46. The fourth-order valence-electron chi connectivity index (χ4n) is 2.09. The monoisotopic (exact) mass is 242 g/mol. The van der Waals surface area contributed by atoms with E-state index in [1.807, 2.05) is 7.05 Å². The second-order valence-corrected chi connectivity index (χ2v) is 5.04. The van der Waals surface area contributed by atoms with Crippen molar-refractivity contribution >= 4 is 0 Å². The molecule has 0 saturated heterocycles. The molecule has 0 saturated carbocycles. The van der Waals surface area contributed by atoms with E-state index >= 15 is 0 Å². The van der Waals surface area contributed by atoms with Crippen LogP contribution in [0.3, 0.4) is 0 Å². The molecule has 2 heteroatoms. The highest BCUT2D eigenvalue weighted by atomic mass is 14.8. The molecule has 0 aliphatic heterocycles. The highest BCUT2D eigenvalue weighted by Gasteiger charge is 1.92. The second kappa shape index (κ2) is 15.9. The van der Waals surface area contributed by atoms with E-state index in [1.54, 1.807) is 0 Å². The summed E-state index contributed by atoms with van der Waals surface area (Å²) in [6.45, 7) is 5.82. The molecule has 0 aromatic heterocycles. The lowest BCUT2D eigenvalue weighted by Crippen LogP contribution is -2.15. The predicted octanol–water partition coefficient (Wildman–Crippen LogP) is 3.72. The van der Waals surface area contributed by atoms with Crippen LogP contribution in [-0.4, -0.2) is 26.7 Å². The van der Waals surface area contributed by atoms with Gasteiger partial charge in [-0.2, -0.15) is 0 Å². The van der Waals surface area contributed by atoms with Crippen LogP contribution in [-0.2, 0) is 0 Å². The first kappa shape index (κ1) is 16.9. The molecular formula is C15H34N2. The lowest BCUT2D eigenvalue weighted by Gasteiger charge is -2.03. The van der Waals surface area contributed by atoms with Crippen molar-refractivity contribution in [3.8, 4) is 0 Å². The fraction of sp³-hybridized carbons (Fsp3) is 1.00. The van der Waals surface area contributed by atoms with Gasteiger partial charge in [0, 0.05) is 0 Å². The van der Waals surface area contributed by atoms with E-state index in [1.165, 1.54) is 83.8 Å². The molecule has 104 valence electrons. The van der Waals surface area contributed by atoms with Crippen molar-refractivity contribution in [2.75, 3.05) is 26.7 Å². The van der Waals surface area contributed by atoms with Gasteiger partial charge in [0.15, 0.2) is 0 Å². The number of hydrogen-bond acceptors (Lipinski definition) is 2. The Hall–Kier alpha value is -0.0800. The van der Waals surface area contributed by atoms with Gasteiger partial charge in [-0.3, -0.25) is 0 Å². The van der Waals surface area contributed by atoms with E-state index in [2.05, 4.69) is 17.6 Å². The van der Waals surface area contributed by atoms with Gasteiger partial charge in [0.2, 0.25) is 0 Å². The average Bonchev–Trinajstić information content (AvgIpc) is 2.35. The van der Waals surface area contributed by atoms with Crippen molar-refractivity contribution in [2.45, 2.75) is 71.1 Å². The van der Waals surface area contributed by atoms with Gasteiger partial charge in [-0.15, -0.1) is 0 Å². The minimum absolute atomic E-state index is 1.19. The van der Waals surface area contributed by atoms with Crippen LogP contribution < -0.4 is 10.6 Å². The molecular weight excluding hydrogens is 208 g/mol. The summed E-state index contributed by atoms with van der Waals surface area (Å²) in [5.74, 6) is 0. The van der Waals surface area contributed by atoms with Gasteiger partial charge >= 0.3 is 0 Å². The lowest BCUT2D eigenvalue weighted by atomic mass is 10.1. The molecule has 0 aromatic carbocycles.